The minimum Gasteiger partial charge on any atom is -0.292 e. The van der Waals surface area contributed by atoms with E-state index in [4.69, 9.17) is 23.4 Å². The molecule has 0 aliphatic heterocycles. The molecule has 4 nitrogen and oxygen atoms in total. The maximum Gasteiger partial charge on any atom is 0.389 e. The van der Waals surface area contributed by atoms with Crippen LogP contribution in [0, 0.1) is 17.9 Å². The molecule has 0 aliphatic rings. The molecule has 0 N–H and O–H groups in total. The smallest absolute Gasteiger partial charge is 0.292 e. The highest BCUT2D eigenvalue weighted by molar-refractivity contribution is 6.30. The molecule has 18 heavy (non-hydrogen) atoms. The number of hydrogen-bond donors (Lipinski definition) is 0. The van der Waals surface area contributed by atoms with E-state index < -0.39 is 24.6 Å². The van der Waals surface area contributed by atoms with Gasteiger partial charge in [-0.15, -0.1) is 0 Å². The van der Waals surface area contributed by atoms with E-state index in [1.54, 1.807) is 6.07 Å². The van der Waals surface area contributed by atoms with Gasteiger partial charge in [0.1, 0.15) is 6.54 Å². The lowest BCUT2D eigenvalue weighted by molar-refractivity contribution is -0.137. The van der Waals surface area contributed by atoms with Crippen LogP contribution in [0.3, 0.4) is 0 Å². The number of aromatic nitrogens is 2. The first-order valence-electron chi connectivity index (χ1n) is 4.85. The van der Waals surface area contributed by atoms with E-state index in [-0.39, 0.29) is 6.54 Å². The number of halogens is 4. The SMILES string of the molecule is [C-]#[N+]C(C#N)(CCC(F)(F)F)Cn1cc(Cl)cn1. The van der Waals surface area contributed by atoms with Crippen LogP contribution in [0.15, 0.2) is 12.4 Å². The van der Waals surface area contributed by atoms with Gasteiger partial charge in [0.15, 0.2) is 6.07 Å². The molecule has 96 valence electrons. The number of nitrogens with zero attached hydrogens (tertiary/aromatic N) is 4. The lowest BCUT2D eigenvalue weighted by Gasteiger charge is -2.15. The Bertz CT molecular complexity index is 480. The first kappa shape index (κ1) is 14.3. The highest BCUT2D eigenvalue weighted by Gasteiger charge is 2.42. The third-order valence-corrected chi connectivity index (χ3v) is 2.46. The van der Waals surface area contributed by atoms with Crippen molar-refractivity contribution in [3.05, 3.63) is 28.8 Å². The number of alkyl halides is 3. The van der Waals surface area contributed by atoms with Crippen molar-refractivity contribution in [2.75, 3.05) is 0 Å². The lowest BCUT2D eigenvalue weighted by atomic mass is 9.96. The Kier molecular flexibility index (Phi) is 4.20. The van der Waals surface area contributed by atoms with Crippen LogP contribution < -0.4 is 0 Å². The summed E-state index contributed by atoms with van der Waals surface area (Å²) in [4.78, 5) is 3.03. The summed E-state index contributed by atoms with van der Waals surface area (Å²) in [7, 11) is 0. The summed E-state index contributed by atoms with van der Waals surface area (Å²) in [6.45, 7) is 6.69. The monoisotopic (exact) mass is 276 g/mol. The van der Waals surface area contributed by atoms with E-state index in [1.165, 1.54) is 17.1 Å². The van der Waals surface area contributed by atoms with Crippen molar-refractivity contribution in [1.82, 2.24) is 9.78 Å². The predicted molar refractivity (Wildman–Crippen MR) is 57.5 cm³/mol. The van der Waals surface area contributed by atoms with Crippen molar-refractivity contribution in [3.63, 3.8) is 0 Å². The first-order valence-corrected chi connectivity index (χ1v) is 5.23. The van der Waals surface area contributed by atoms with Crippen molar-refractivity contribution in [1.29, 1.82) is 5.26 Å². The van der Waals surface area contributed by atoms with Crippen LogP contribution in [0.25, 0.3) is 4.85 Å². The molecule has 0 spiro atoms. The van der Waals surface area contributed by atoms with Crippen LogP contribution in [0.1, 0.15) is 12.8 Å². The number of rotatable bonds is 4. The van der Waals surface area contributed by atoms with E-state index in [1.807, 2.05) is 0 Å². The Morgan fingerprint density at radius 2 is 2.17 bits per heavy atom. The standard InChI is InChI=1S/C10H8ClF3N4/c1-16-9(6-15,2-3-10(12,13)14)7-18-5-8(11)4-17-18/h4-5H,2-3,7H2. The van der Waals surface area contributed by atoms with E-state index in [0.29, 0.717) is 5.02 Å². The van der Waals surface area contributed by atoms with Crippen LogP contribution in [-0.2, 0) is 6.54 Å². The van der Waals surface area contributed by atoms with Gasteiger partial charge < -0.3 is 0 Å². The molecule has 0 fully saturated rings. The van der Waals surface area contributed by atoms with E-state index in [9.17, 15) is 13.2 Å². The normalized spacial score (nSPS) is 14.6. The molecule has 0 saturated carbocycles. The second-order valence-corrected chi connectivity index (χ2v) is 4.16. The highest BCUT2D eigenvalue weighted by Crippen LogP contribution is 2.29. The molecule has 1 aromatic rings. The quantitative estimate of drug-likeness (QED) is 0.794. The molecule has 0 radical (unpaired) electrons. The summed E-state index contributed by atoms with van der Waals surface area (Å²) in [5.41, 5.74) is -1.77. The fourth-order valence-corrected chi connectivity index (χ4v) is 1.48. The number of nitriles is 1. The van der Waals surface area contributed by atoms with Gasteiger partial charge in [-0.3, -0.25) is 9.53 Å². The average molecular weight is 277 g/mol. The maximum absolute atomic E-state index is 12.1. The molecule has 1 rings (SSSR count). The van der Waals surface area contributed by atoms with E-state index in [0.717, 1.165) is 0 Å². The van der Waals surface area contributed by atoms with Gasteiger partial charge in [-0.2, -0.15) is 23.5 Å². The first-order chi connectivity index (χ1) is 8.30. The molecule has 1 atom stereocenters. The molecule has 1 unspecified atom stereocenters. The van der Waals surface area contributed by atoms with Crippen molar-refractivity contribution in [3.8, 4) is 6.07 Å². The Labute approximate surface area is 106 Å². The zero-order valence-corrected chi connectivity index (χ0v) is 9.83. The van der Waals surface area contributed by atoms with Crippen LogP contribution >= 0.6 is 11.6 Å². The minimum atomic E-state index is -4.39. The summed E-state index contributed by atoms with van der Waals surface area (Å²) in [5.74, 6) is 0. The molecule has 0 amide bonds. The minimum absolute atomic E-state index is 0.240. The van der Waals surface area contributed by atoms with E-state index >= 15 is 0 Å². The maximum atomic E-state index is 12.1. The summed E-state index contributed by atoms with van der Waals surface area (Å²) in [5, 5.41) is 13.0. The molecule has 1 heterocycles. The third kappa shape index (κ3) is 3.94. The lowest BCUT2D eigenvalue weighted by Crippen LogP contribution is -2.31. The van der Waals surface area contributed by atoms with Gasteiger partial charge in [0, 0.05) is 6.20 Å². The van der Waals surface area contributed by atoms with Gasteiger partial charge in [-0.05, 0) is 0 Å². The van der Waals surface area contributed by atoms with E-state index in [2.05, 4.69) is 9.94 Å². The van der Waals surface area contributed by atoms with Gasteiger partial charge in [0.05, 0.1) is 24.1 Å². The van der Waals surface area contributed by atoms with Gasteiger partial charge in [0.2, 0.25) is 0 Å². The van der Waals surface area contributed by atoms with Gasteiger partial charge >= 0.3 is 11.7 Å². The molecular formula is C10H8ClF3N4. The summed E-state index contributed by atoms with van der Waals surface area (Å²) < 4.78 is 37.6. The van der Waals surface area contributed by atoms with Crippen LogP contribution in [0.4, 0.5) is 13.2 Å². The highest BCUT2D eigenvalue weighted by atomic mass is 35.5. The Morgan fingerprint density at radius 3 is 2.56 bits per heavy atom. The second-order valence-electron chi connectivity index (χ2n) is 3.73. The fourth-order valence-electron chi connectivity index (χ4n) is 1.33. The topological polar surface area (TPSA) is 46.0 Å². The Hall–Kier alpha value is -1.73. The van der Waals surface area contributed by atoms with Crippen molar-refractivity contribution in [2.24, 2.45) is 0 Å². The van der Waals surface area contributed by atoms with Gasteiger partial charge in [0.25, 0.3) is 0 Å². The largest absolute Gasteiger partial charge is 0.389 e. The summed E-state index contributed by atoms with van der Waals surface area (Å²) in [6.07, 6.45) is -3.52. The second kappa shape index (κ2) is 5.28. The molecule has 0 saturated heterocycles. The average Bonchev–Trinajstić information content (AvgIpc) is 2.69. The number of hydrogen-bond acceptors (Lipinski definition) is 2. The third-order valence-electron chi connectivity index (χ3n) is 2.27. The Morgan fingerprint density at radius 1 is 1.50 bits per heavy atom. The van der Waals surface area contributed by atoms with Crippen molar-refractivity contribution < 1.29 is 13.2 Å². The predicted octanol–water partition coefficient (Wildman–Crippen LogP) is 3.06. The zero-order chi connectivity index (χ0) is 13.8. The summed E-state index contributed by atoms with van der Waals surface area (Å²) >= 11 is 5.60. The molecule has 0 aromatic carbocycles. The molecule has 1 aromatic heterocycles. The molecule has 8 heteroatoms. The van der Waals surface area contributed by atoms with Crippen molar-refractivity contribution in [2.45, 2.75) is 31.1 Å². The molecule has 0 aliphatic carbocycles. The molecule has 0 bridgehead atoms. The van der Waals surface area contributed by atoms with Crippen LogP contribution in [-0.4, -0.2) is 21.5 Å². The van der Waals surface area contributed by atoms with Crippen molar-refractivity contribution >= 4 is 11.6 Å². The zero-order valence-electron chi connectivity index (χ0n) is 9.08. The van der Waals surface area contributed by atoms with Gasteiger partial charge in [-0.25, -0.2) is 6.57 Å². The Balaban J connectivity index is 2.82. The molecular weight excluding hydrogens is 269 g/mol. The van der Waals surface area contributed by atoms with Crippen LogP contribution in [0.2, 0.25) is 5.02 Å². The van der Waals surface area contributed by atoms with Crippen LogP contribution in [0.5, 0.6) is 0 Å². The summed E-state index contributed by atoms with van der Waals surface area (Å²) in [6, 6.07) is 1.64. The van der Waals surface area contributed by atoms with Gasteiger partial charge in [-0.1, -0.05) is 11.6 Å². The fraction of sp³-hybridized carbons (Fsp3) is 0.500.